The molecule has 1 atom stereocenters. The molecular weight excluding hydrogens is 484 g/mol. The molecule has 2 aromatic carbocycles. The number of fused-ring (bicyclic) bond motifs is 1. The quantitative estimate of drug-likeness (QED) is 0.400. The third kappa shape index (κ3) is 4.77. The highest BCUT2D eigenvalue weighted by Gasteiger charge is 2.30. The van der Waals surface area contributed by atoms with Crippen LogP contribution in [0.3, 0.4) is 0 Å². The van der Waals surface area contributed by atoms with Crippen molar-refractivity contribution in [2.75, 3.05) is 50.0 Å². The van der Waals surface area contributed by atoms with Crippen LogP contribution in [0.15, 0.2) is 59.3 Å². The Balaban J connectivity index is 1.24. The number of likely N-dealkylation sites (tertiary alicyclic amines) is 1. The zero-order valence-corrected chi connectivity index (χ0v) is 21.6. The summed E-state index contributed by atoms with van der Waals surface area (Å²) in [7, 11) is 1.96. The lowest BCUT2D eigenvalue weighted by Gasteiger charge is -2.32. The molecule has 2 fully saturated rings. The van der Waals surface area contributed by atoms with E-state index in [1.54, 1.807) is 11.3 Å². The third-order valence-corrected chi connectivity index (χ3v) is 8.01. The van der Waals surface area contributed by atoms with Gasteiger partial charge in [-0.25, -0.2) is 0 Å². The summed E-state index contributed by atoms with van der Waals surface area (Å²) < 4.78 is 0. The van der Waals surface area contributed by atoms with Crippen molar-refractivity contribution in [1.82, 2.24) is 20.0 Å². The highest BCUT2D eigenvalue weighted by Crippen LogP contribution is 2.32. The Morgan fingerprint density at radius 3 is 2.59 bits per heavy atom. The second-order valence-corrected chi connectivity index (χ2v) is 10.6. The molecule has 4 heterocycles. The maximum absolute atomic E-state index is 13.5. The fraction of sp³-hybridized carbons (Fsp3) is 0.321. The van der Waals surface area contributed by atoms with Crippen LogP contribution in [0.1, 0.15) is 24.4 Å². The summed E-state index contributed by atoms with van der Waals surface area (Å²) in [6.45, 7) is 3.86. The molecule has 2 aliphatic heterocycles. The van der Waals surface area contributed by atoms with E-state index in [1.807, 2.05) is 70.8 Å². The van der Waals surface area contributed by atoms with E-state index in [1.165, 1.54) is 0 Å². The normalized spacial score (nSPS) is 18.0. The van der Waals surface area contributed by atoms with Gasteiger partial charge >= 0.3 is 0 Å². The van der Waals surface area contributed by atoms with Crippen LogP contribution in [0.4, 0.5) is 11.4 Å². The van der Waals surface area contributed by atoms with E-state index in [-0.39, 0.29) is 17.9 Å². The molecule has 2 aromatic heterocycles. The molecular formula is C28H30N6O2S. The van der Waals surface area contributed by atoms with Gasteiger partial charge in [-0.15, -0.1) is 0 Å². The van der Waals surface area contributed by atoms with Gasteiger partial charge in [0.05, 0.1) is 17.8 Å². The van der Waals surface area contributed by atoms with Crippen molar-refractivity contribution < 1.29 is 9.59 Å². The number of likely N-dealkylation sites (N-methyl/N-ethyl adjacent to an activating group) is 1. The molecule has 0 spiro atoms. The number of hydrogen-bond acceptors (Lipinski definition) is 6. The highest BCUT2D eigenvalue weighted by atomic mass is 32.1. The summed E-state index contributed by atoms with van der Waals surface area (Å²) in [5.74, 6) is 0.104. The van der Waals surface area contributed by atoms with Crippen LogP contribution in [0, 0.1) is 0 Å². The fourth-order valence-corrected chi connectivity index (χ4v) is 6.02. The van der Waals surface area contributed by atoms with E-state index in [4.69, 9.17) is 0 Å². The van der Waals surface area contributed by atoms with Gasteiger partial charge in [-0.05, 0) is 85.7 Å². The monoisotopic (exact) mass is 514 g/mol. The number of hydrogen-bond donors (Lipinski definition) is 2. The number of H-pyrrole nitrogens is 1. The molecule has 2 saturated heterocycles. The van der Waals surface area contributed by atoms with Crippen LogP contribution < -0.4 is 10.2 Å². The average molecular weight is 515 g/mol. The molecule has 2 aliphatic rings. The number of anilines is 2. The largest absolute Gasteiger partial charge is 0.324 e. The first-order valence-electron chi connectivity index (χ1n) is 12.7. The van der Waals surface area contributed by atoms with Crippen LogP contribution in [-0.2, 0) is 9.59 Å². The zero-order valence-electron chi connectivity index (χ0n) is 20.8. The number of amides is 2. The minimum Gasteiger partial charge on any atom is -0.324 e. The number of carbonyl (C=O) groups excluding carboxylic acids is 2. The van der Waals surface area contributed by atoms with Crippen molar-refractivity contribution >= 4 is 45.4 Å². The second kappa shape index (κ2) is 10.1. The van der Waals surface area contributed by atoms with Crippen molar-refractivity contribution in [3.8, 4) is 11.3 Å². The van der Waals surface area contributed by atoms with E-state index >= 15 is 0 Å². The molecule has 2 N–H and O–H groups in total. The lowest BCUT2D eigenvalue weighted by atomic mass is 10.1. The lowest BCUT2D eigenvalue weighted by molar-refractivity contribution is -0.121. The predicted octanol–water partition coefficient (Wildman–Crippen LogP) is 4.35. The number of aromatic nitrogens is 2. The molecule has 0 aliphatic carbocycles. The maximum Gasteiger partial charge on any atom is 0.246 e. The number of nitrogens with zero attached hydrogens (tertiary/aromatic N) is 4. The Labute approximate surface area is 219 Å². The number of rotatable bonds is 6. The minimum absolute atomic E-state index is 0.00843. The Hall–Kier alpha value is -3.53. The number of aromatic amines is 1. The van der Waals surface area contributed by atoms with Gasteiger partial charge in [0.25, 0.3) is 0 Å². The molecule has 0 bridgehead atoms. The van der Waals surface area contributed by atoms with Crippen molar-refractivity contribution in [3.05, 3.63) is 64.9 Å². The van der Waals surface area contributed by atoms with Gasteiger partial charge in [-0.2, -0.15) is 16.4 Å². The van der Waals surface area contributed by atoms with Crippen LogP contribution in [0.2, 0.25) is 0 Å². The summed E-state index contributed by atoms with van der Waals surface area (Å²) in [4.78, 5) is 32.1. The first-order valence-corrected chi connectivity index (χ1v) is 13.7. The van der Waals surface area contributed by atoms with Crippen molar-refractivity contribution in [2.24, 2.45) is 0 Å². The van der Waals surface area contributed by atoms with E-state index in [9.17, 15) is 9.59 Å². The van der Waals surface area contributed by atoms with E-state index in [2.05, 4.69) is 25.8 Å². The Kier molecular flexibility index (Phi) is 6.50. The van der Waals surface area contributed by atoms with Gasteiger partial charge in [0.2, 0.25) is 11.8 Å². The maximum atomic E-state index is 13.5. The Morgan fingerprint density at radius 1 is 1.05 bits per heavy atom. The molecule has 0 radical (unpaired) electrons. The summed E-state index contributed by atoms with van der Waals surface area (Å²) >= 11 is 1.62. The molecule has 8 nitrogen and oxygen atoms in total. The molecule has 190 valence electrons. The number of benzene rings is 2. The smallest absolute Gasteiger partial charge is 0.246 e. The Morgan fingerprint density at radius 2 is 1.86 bits per heavy atom. The summed E-state index contributed by atoms with van der Waals surface area (Å²) in [5, 5.41) is 15.9. The van der Waals surface area contributed by atoms with Gasteiger partial charge in [0.1, 0.15) is 6.04 Å². The number of nitrogens with one attached hydrogen (secondary N) is 2. The third-order valence-electron chi connectivity index (χ3n) is 7.31. The van der Waals surface area contributed by atoms with Crippen molar-refractivity contribution in [3.63, 3.8) is 0 Å². The molecule has 0 saturated carbocycles. The molecule has 2 amide bonds. The summed E-state index contributed by atoms with van der Waals surface area (Å²) in [5.41, 5.74) is 5.37. The van der Waals surface area contributed by atoms with Gasteiger partial charge in [0.15, 0.2) is 0 Å². The lowest BCUT2D eigenvalue weighted by Crippen LogP contribution is -2.48. The van der Waals surface area contributed by atoms with Crippen molar-refractivity contribution in [1.29, 1.82) is 0 Å². The molecule has 6 rings (SSSR count). The number of carbonyl (C=O) groups is 2. The van der Waals surface area contributed by atoms with E-state index in [0.717, 1.165) is 71.6 Å². The van der Waals surface area contributed by atoms with E-state index in [0.29, 0.717) is 13.1 Å². The van der Waals surface area contributed by atoms with Gasteiger partial charge in [-0.3, -0.25) is 24.5 Å². The van der Waals surface area contributed by atoms with Crippen LogP contribution in [0.25, 0.3) is 22.2 Å². The van der Waals surface area contributed by atoms with Crippen LogP contribution >= 0.6 is 11.3 Å². The number of piperazine rings is 1. The highest BCUT2D eigenvalue weighted by molar-refractivity contribution is 7.08. The summed E-state index contributed by atoms with van der Waals surface area (Å²) in [6, 6.07) is 15.6. The van der Waals surface area contributed by atoms with Crippen molar-refractivity contribution in [2.45, 2.75) is 18.9 Å². The van der Waals surface area contributed by atoms with Crippen LogP contribution in [0.5, 0.6) is 0 Å². The van der Waals surface area contributed by atoms with Crippen LogP contribution in [-0.4, -0.2) is 71.6 Å². The van der Waals surface area contributed by atoms with Gasteiger partial charge in [-0.1, -0.05) is 12.1 Å². The second-order valence-electron chi connectivity index (χ2n) is 9.85. The SMILES string of the molecule is CN1CCN(c2ccc(-c3n[nH]c4ccc(NC(=O)C(c5ccsc5)N5CCCC5)cc34)cc2)C(=O)C1. The molecule has 9 heteroatoms. The average Bonchev–Trinajstić information content (AvgIpc) is 3.68. The zero-order chi connectivity index (χ0) is 25.4. The first kappa shape index (κ1) is 23.8. The molecule has 1 unspecified atom stereocenters. The van der Waals surface area contributed by atoms with Gasteiger partial charge in [0, 0.05) is 35.4 Å². The minimum atomic E-state index is -0.280. The first-order chi connectivity index (χ1) is 18.1. The topological polar surface area (TPSA) is 84.6 Å². The molecule has 4 aromatic rings. The number of thiophene rings is 1. The van der Waals surface area contributed by atoms with E-state index < -0.39 is 0 Å². The summed E-state index contributed by atoms with van der Waals surface area (Å²) in [6.07, 6.45) is 2.25. The fourth-order valence-electron chi connectivity index (χ4n) is 5.34. The predicted molar refractivity (Wildman–Crippen MR) is 148 cm³/mol. The molecule has 37 heavy (non-hydrogen) atoms. The Bertz CT molecular complexity index is 1410. The van der Waals surface area contributed by atoms with Gasteiger partial charge < -0.3 is 10.2 Å². The standard InChI is InChI=1S/C28H30N6O2S/c1-32-13-14-34(25(35)17-32)22-7-4-19(5-8-22)26-23-16-21(6-9-24(23)30-31-26)29-28(36)27(20-10-15-37-18-20)33-11-2-3-12-33/h4-10,15-16,18,27H,2-3,11-14,17H2,1H3,(H,29,36)(H,30,31).